The van der Waals surface area contributed by atoms with Crippen LogP contribution in [0.15, 0.2) is 413 Å². The van der Waals surface area contributed by atoms with Gasteiger partial charge < -0.3 is 9.13 Å². The third-order valence-corrected chi connectivity index (χ3v) is 26.9. The first-order chi connectivity index (χ1) is 62.4. The van der Waals surface area contributed by atoms with Gasteiger partial charge in [-0.3, -0.25) is 4.57 Å². The Morgan fingerprint density at radius 2 is 0.397 bits per heavy atom. The van der Waals surface area contributed by atoms with Gasteiger partial charge in [0.1, 0.15) is 0 Å². The van der Waals surface area contributed by atoms with Crippen molar-refractivity contribution in [3.8, 4) is 108 Å². The molecule has 0 unspecified atom stereocenters. The maximum absolute atomic E-state index is 5.04. The Kier molecular flexibility index (Phi) is 18.2. The molecule has 17 aromatic carbocycles. The third kappa shape index (κ3) is 13.2. The molecule has 9 heterocycles. The van der Waals surface area contributed by atoms with E-state index in [0.29, 0.717) is 52.5 Å². The Labute approximate surface area is 734 Å². The molecule has 0 aliphatic heterocycles. The quantitative estimate of drug-likeness (QED) is 0.124. The Morgan fingerprint density at radius 1 is 0.143 bits per heavy atom. The topological polar surface area (TPSA) is 131 Å². The first-order valence-electron chi connectivity index (χ1n) is 41.8. The number of nitrogens with zero attached hydrogens (tertiary/aromatic N) is 12. The number of fused-ring (bicyclic) bond motifs is 18. The van der Waals surface area contributed by atoms with Crippen LogP contribution in [0.2, 0.25) is 0 Å². The zero-order valence-electron chi connectivity index (χ0n) is 67.4. The van der Waals surface area contributed by atoms with Crippen LogP contribution in [-0.4, -0.2) is 58.6 Å². The lowest BCUT2D eigenvalue weighted by molar-refractivity contribution is 0.954. The van der Waals surface area contributed by atoms with E-state index in [-0.39, 0.29) is 0 Å². The molecule has 0 saturated heterocycles. The number of para-hydroxylation sites is 3. The van der Waals surface area contributed by atoms with Gasteiger partial charge in [0.15, 0.2) is 46.6 Å². The molecule has 12 nitrogen and oxygen atoms in total. The number of hydrogen-bond acceptors (Lipinski definition) is 12. The highest BCUT2D eigenvalue weighted by Gasteiger charge is 2.24. The number of rotatable bonds is 11. The van der Waals surface area contributed by atoms with Crippen LogP contribution in [0.5, 0.6) is 0 Å². The maximum Gasteiger partial charge on any atom is 0.238 e. The van der Waals surface area contributed by atoms with Crippen molar-refractivity contribution in [3.63, 3.8) is 0 Å². The standard InChI is InChI=1S/2C39H24N4S.C33H20N4S/c1-3-12-25(13-4-1)37-40-38(26-14-5-2-6-15-26)42-39(41-37)27-16-11-17-28(22-27)43-33-20-9-7-18-29(33)31-23-32-30-19-8-10-21-35(30)44-36(32)24-34(31)43;1-3-11-25(12-4-1)37-40-38(26-13-5-2-6-14-26)42-39(41-37)27-19-21-28(22-20-27)43-33-17-9-7-15-29(33)31-23-32-30-16-8-10-18-35(30)44-36(32)24-34(31)43;1-3-11-21(12-4-1)31-34-32(22-13-5-2-6-14-22)36-33(35-31)37-27-17-9-7-15-23(27)25-19-26-24-16-8-10-18-29(24)38-30(26)20-28(25)37/h2*1-24H;1-20H. The summed E-state index contributed by atoms with van der Waals surface area (Å²) >= 11 is 5.53. The van der Waals surface area contributed by atoms with Crippen LogP contribution in [0.4, 0.5) is 0 Å². The fraction of sp³-hybridized carbons (Fsp3) is 0. The van der Waals surface area contributed by atoms with Gasteiger partial charge in [-0.25, -0.2) is 34.9 Å². The molecule has 0 radical (unpaired) electrons. The average molecular weight is 1670 g/mol. The van der Waals surface area contributed by atoms with Gasteiger partial charge in [-0.15, -0.1) is 34.0 Å². The lowest BCUT2D eigenvalue weighted by atomic mass is 10.1. The zero-order valence-corrected chi connectivity index (χ0v) is 69.8. The normalized spacial score (nSPS) is 11.7. The van der Waals surface area contributed by atoms with Gasteiger partial charge in [0.2, 0.25) is 5.95 Å². The van der Waals surface area contributed by atoms with E-state index in [1.54, 1.807) is 0 Å². The highest BCUT2D eigenvalue weighted by Crippen LogP contribution is 2.46. The van der Waals surface area contributed by atoms with Crippen molar-refractivity contribution >= 4 is 160 Å². The fourth-order valence-corrected chi connectivity index (χ4v) is 21.0. The van der Waals surface area contributed by atoms with E-state index >= 15 is 0 Å². The number of hydrogen-bond donors (Lipinski definition) is 0. The summed E-state index contributed by atoms with van der Waals surface area (Å²) in [5.41, 5.74) is 16.7. The Balaban J connectivity index is 0.000000106. The molecule has 0 bridgehead atoms. The first-order valence-corrected chi connectivity index (χ1v) is 44.2. The second kappa shape index (κ2) is 31.1. The summed E-state index contributed by atoms with van der Waals surface area (Å²) in [5, 5.41) is 15.2. The van der Waals surface area contributed by atoms with Crippen molar-refractivity contribution in [1.82, 2.24) is 58.6 Å². The van der Waals surface area contributed by atoms with Crippen LogP contribution in [0.1, 0.15) is 0 Å². The molecule has 0 N–H and O–H groups in total. The lowest BCUT2D eigenvalue weighted by Crippen LogP contribution is -2.06. The Bertz CT molecular complexity index is 8540. The van der Waals surface area contributed by atoms with Crippen molar-refractivity contribution in [3.05, 3.63) is 413 Å². The zero-order chi connectivity index (χ0) is 83.1. The van der Waals surface area contributed by atoms with E-state index in [0.717, 1.165) is 66.9 Å². The molecule has 9 aromatic heterocycles. The minimum absolute atomic E-state index is 0.615. The van der Waals surface area contributed by atoms with Gasteiger partial charge in [-0.05, 0) is 109 Å². The van der Waals surface area contributed by atoms with E-state index in [9.17, 15) is 0 Å². The smallest absolute Gasteiger partial charge is 0.238 e. The third-order valence-electron chi connectivity index (χ3n) is 23.5. The van der Waals surface area contributed by atoms with Crippen LogP contribution in [0.25, 0.3) is 234 Å². The maximum atomic E-state index is 5.04. The number of thiophene rings is 3. The van der Waals surface area contributed by atoms with Crippen molar-refractivity contribution in [2.45, 2.75) is 0 Å². The minimum atomic E-state index is 0.615. The van der Waals surface area contributed by atoms with Crippen molar-refractivity contribution in [2.24, 2.45) is 0 Å². The Hall–Kier alpha value is -16.2. The van der Waals surface area contributed by atoms with Crippen LogP contribution in [-0.2, 0) is 0 Å². The summed E-state index contributed by atoms with van der Waals surface area (Å²) in [6, 6.07) is 144. The summed E-state index contributed by atoms with van der Waals surface area (Å²) in [4.78, 5) is 44.5. The SMILES string of the molecule is c1ccc(-c2nc(-c3ccccc3)nc(-c3ccc(-n4c5ccccc5c5cc6c(cc54)sc4ccccc46)cc3)n2)cc1.c1ccc(-c2nc(-c3ccccc3)nc(-c3cccc(-n4c5ccccc5c5cc6c(cc54)sc4ccccc46)c3)n2)cc1.c1ccc(-c2nc(-c3ccccc3)nc(-n3c4ccccc4c4cc5c(cc43)sc3ccccc35)n2)cc1. The monoisotopic (exact) mass is 1660 g/mol. The van der Waals surface area contributed by atoms with E-state index in [1.807, 2.05) is 216 Å². The van der Waals surface area contributed by atoms with Crippen LogP contribution >= 0.6 is 34.0 Å². The first kappa shape index (κ1) is 73.7. The molecular formula is C111H68N12S3. The molecule has 0 amide bonds. The van der Waals surface area contributed by atoms with E-state index in [4.69, 9.17) is 44.9 Å². The van der Waals surface area contributed by atoms with Gasteiger partial charge in [0.05, 0.1) is 33.1 Å². The number of benzene rings is 17. The van der Waals surface area contributed by atoms with E-state index in [1.165, 1.54) is 115 Å². The van der Waals surface area contributed by atoms with Crippen LogP contribution < -0.4 is 0 Å². The van der Waals surface area contributed by atoms with Crippen molar-refractivity contribution < 1.29 is 0 Å². The molecular weight excluding hydrogens is 1600 g/mol. The lowest BCUT2D eigenvalue weighted by Gasteiger charge is -2.11. The summed E-state index contributed by atoms with van der Waals surface area (Å²) < 4.78 is 14.7. The Morgan fingerprint density at radius 3 is 0.738 bits per heavy atom. The molecule has 0 aliphatic rings. The van der Waals surface area contributed by atoms with Gasteiger partial charge in [0.25, 0.3) is 0 Å². The van der Waals surface area contributed by atoms with Gasteiger partial charge in [0, 0.05) is 149 Å². The number of aromatic nitrogens is 12. The predicted molar refractivity (Wildman–Crippen MR) is 525 cm³/mol. The summed E-state index contributed by atoms with van der Waals surface area (Å²) in [5.74, 6) is 5.86. The largest absolute Gasteiger partial charge is 0.309 e. The van der Waals surface area contributed by atoms with Gasteiger partial charge in [-0.1, -0.05) is 303 Å². The van der Waals surface area contributed by atoms with Crippen LogP contribution in [0.3, 0.4) is 0 Å². The average Bonchev–Trinajstić information content (AvgIpc) is 1.58. The molecule has 0 saturated carbocycles. The minimum Gasteiger partial charge on any atom is -0.309 e. The fourth-order valence-electron chi connectivity index (χ4n) is 17.7. The summed E-state index contributed by atoms with van der Waals surface area (Å²) in [6.45, 7) is 0. The predicted octanol–water partition coefficient (Wildman–Crippen LogP) is 29.3. The van der Waals surface area contributed by atoms with Crippen molar-refractivity contribution in [2.75, 3.05) is 0 Å². The molecule has 590 valence electrons. The molecule has 126 heavy (non-hydrogen) atoms. The van der Waals surface area contributed by atoms with E-state index < -0.39 is 0 Å². The van der Waals surface area contributed by atoms with Gasteiger partial charge >= 0.3 is 0 Å². The van der Waals surface area contributed by atoms with Crippen molar-refractivity contribution in [1.29, 1.82) is 0 Å². The molecule has 15 heteroatoms. The molecule has 26 rings (SSSR count). The summed E-state index contributed by atoms with van der Waals surface area (Å²) in [6.07, 6.45) is 0. The summed E-state index contributed by atoms with van der Waals surface area (Å²) in [7, 11) is 0. The van der Waals surface area contributed by atoms with Gasteiger partial charge in [-0.2, -0.15) is 9.97 Å². The molecule has 0 aliphatic carbocycles. The highest BCUT2D eigenvalue weighted by atomic mass is 32.1. The molecule has 0 fully saturated rings. The highest BCUT2D eigenvalue weighted by molar-refractivity contribution is 7.26. The second-order valence-electron chi connectivity index (χ2n) is 31.1. The second-order valence-corrected chi connectivity index (χ2v) is 34.4. The molecule has 0 atom stereocenters. The molecule has 26 aromatic rings. The van der Waals surface area contributed by atoms with Crippen LogP contribution in [0, 0.1) is 0 Å². The molecule has 0 spiro atoms. The van der Waals surface area contributed by atoms with E-state index in [2.05, 4.69) is 244 Å².